The monoisotopic (exact) mass is 413 g/mol. The summed E-state index contributed by atoms with van der Waals surface area (Å²) in [6, 6.07) is 29.0. The molecule has 1 heterocycles. The number of rotatable bonds is 8. The summed E-state index contributed by atoms with van der Waals surface area (Å²) in [7, 11) is 0. The Kier molecular flexibility index (Phi) is 6.75. The smallest absolute Gasteiger partial charge is 0.237 e. The van der Waals surface area contributed by atoms with Gasteiger partial charge in [-0.1, -0.05) is 91.0 Å². The maximum Gasteiger partial charge on any atom is 0.237 e. The summed E-state index contributed by atoms with van der Waals surface area (Å²) in [4.78, 5) is 27.7. The highest BCUT2D eigenvalue weighted by Gasteiger charge is 2.46. The Morgan fingerprint density at radius 3 is 1.45 bits per heavy atom. The molecule has 1 aliphatic heterocycles. The summed E-state index contributed by atoms with van der Waals surface area (Å²) in [6.07, 6.45) is 0.522. The van der Waals surface area contributed by atoms with Crippen LogP contribution in [-0.4, -0.2) is 28.8 Å². The van der Waals surface area contributed by atoms with E-state index in [-0.39, 0.29) is 23.9 Å². The predicted octanol–water partition coefficient (Wildman–Crippen LogP) is 3.26. The van der Waals surface area contributed by atoms with Gasteiger partial charge in [-0.15, -0.1) is 0 Å². The lowest BCUT2D eigenvalue weighted by Crippen LogP contribution is -2.65. The molecule has 5 heteroatoms. The molecule has 2 amide bonds. The average molecular weight is 414 g/mol. The first-order valence-corrected chi connectivity index (χ1v) is 10.6. The highest BCUT2D eigenvalue weighted by atomic mass is 16.2. The van der Waals surface area contributed by atoms with Gasteiger partial charge in [-0.2, -0.15) is 0 Å². The quantitative estimate of drug-likeness (QED) is 0.596. The van der Waals surface area contributed by atoms with Crippen molar-refractivity contribution in [2.45, 2.75) is 38.1 Å². The molecule has 2 N–H and O–H groups in total. The molecule has 1 fully saturated rings. The zero-order chi connectivity index (χ0) is 21.5. The summed E-state index contributed by atoms with van der Waals surface area (Å²) in [5, 5.41) is 6.04. The number of nitrogens with zero attached hydrogens (tertiary/aromatic N) is 1. The molecule has 0 spiro atoms. The largest absolute Gasteiger partial charge is 0.351 e. The second-order valence-corrected chi connectivity index (χ2v) is 7.83. The molecule has 0 aromatic heterocycles. The summed E-state index contributed by atoms with van der Waals surface area (Å²) >= 11 is 0. The van der Waals surface area contributed by atoms with E-state index in [2.05, 4.69) is 10.6 Å². The van der Waals surface area contributed by atoms with Crippen LogP contribution in [0.2, 0.25) is 0 Å². The van der Waals surface area contributed by atoms with Gasteiger partial charge in [0.1, 0.15) is 0 Å². The number of amides is 2. The summed E-state index contributed by atoms with van der Waals surface area (Å²) in [5.41, 5.74) is 3.20. The average Bonchev–Trinajstić information content (AvgIpc) is 2.81. The fraction of sp³-hybridized carbons (Fsp3) is 0.231. The lowest BCUT2D eigenvalue weighted by Gasteiger charge is -2.46. The molecular weight excluding hydrogens is 386 g/mol. The Morgan fingerprint density at radius 2 is 1.03 bits per heavy atom. The standard InChI is InChI=1S/C26H27N3O2/c30-25(27-17-20-10-4-1-5-11-20)23-16-24(29(23)19-22-14-8-3-9-15-22)26(31)28-18-21-12-6-2-7-13-21/h1-15,23-24H,16-19H2,(H,27,30)(H,28,31)/t23-,24+. The van der Waals surface area contributed by atoms with Gasteiger partial charge in [0.2, 0.25) is 11.8 Å². The first-order valence-electron chi connectivity index (χ1n) is 10.6. The van der Waals surface area contributed by atoms with Crippen molar-refractivity contribution in [2.75, 3.05) is 0 Å². The molecular formula is C26H27N3O2. The minimum atomic E-state index is -0.309. The van der Waals surface area contributed by atoms with Crippen LogP contribution in [0.3, 0.4) is 0 Å². The molecule has 1 saturated heterocycles. The third-order valence-electron chi connectivity index (χ3n) is 5.68. The van der Waals surface area contributed by atoms with E-state index >= 15 is 0 Å². The van der Waals surface area contributed by atoms with Crippen molar-refractivity contribution in [1.29, 1.82) is 0 Å². The third kappa shape index (κ3) is 5.38. The van der Waals surface area contributed by atoms with Crippen LogP contribution >= 0.6 is 0 Å². The lowest BCUT2D eigenvalue weighted by atomic mass is 9.90. The van der Waals surface area contributed by atoms with Gasteiger partial charge >= 0.3 is 0 Å². The number of carbonyl (C=O) groups is 2. The van der Waals surface area contributed by atoms with E-state index in [1.54, 1.807) is 0 Å². The van der Waals surface area contributed by atoms with E-state index in [1.807, 2.05) is 95.9 Å². The van der Waals surface area contributed by atoms with Crippen LogP contribution in [0.25, 0.3) is 0 Å². The van der Waals surface area contributed by atoms with E-state index in [4.69, 9.17) is 0 Å². The maximum atomic E-state index is 12.9. The summed E-state index contributed by atoms with van der Waals surface area (Å²) in [6.45, 7) is 1.54. The lowest BCUT2D eigenvalue weighted by molar-refractivity contribution is -0.145. The molecule has 3 aromatic rings. The molecule has 5 nitrogen and oxygen atoms in total. The predicted molar refractivity (Wildman–Crippen MR) is 121 cm³/mol. The molecule has 31 heavy (non-hydrogen) atoms. The zero-order valence-corrected chi connectivity index (χ0v) is 17.4. The number of benzene rings is 3. The van der Waals surface area contributed by atoms with Crippen LogP contribution in [0, 0.1) is 0 Å². The van der Waals surface area contributed by atoms with Crippen molar-refractivity contribution >= 4 is 11.8 Å². The minimum Gasteiger partial charge on any atom is -0.351 e. The Labute approximate surface area is 183 Å². The molecule has 0 saturated carbocycles. The minimum absolute atomic E-state index is 0.0353. The van der Waals surface area contributed by atoms with Gasteiger partial charge < -0.3 is 10.6 Å². The van der Waals surface area contributed by atoms with Gasteiger partial charge in [-0.25, -0.2) is 0 Å². The van der Waals surface area contributed by atoms with Crippen molar-refractivity contribution in [3.63, 3.8) is 0 Å². The molecule has 0 unspecified atom stereocenters. The second-order valence-electron chi connectivity index (χ2n) is 7.83. The Bertz CT molecular complexity index is 931. The van der Waals surface area contributed by atoms with Gasteiger partial charge in [0.15, 0.2) is 0 Å². The van der Waals surface area contributed by atoms with Gasteiger partial charge in [0.05, 0.1) is 12.1 Å². The third-order valence-corrected chi connectivity index (χ3v) is 5.68. The van der Waals surface area contributed by atoms with Crippen LogP contribution in [0.5, 0.6) is 0 Å². The SMILES string of the molecule is O=C(NCc1ccccc1)[C@H]1C[C@@H](C(=O)NCc2ccccc2)N1Cc1ccccc1. The fourth-order valence-electron chi connectivity index (χ4n) is 3.90. The highest BCUT2D eigenvalue weighted by molar-refractivity contribution is 5.89. The molecule has 4 rings (SSSR count). The Morgan fingerprint density at radius 1 is 0.645 bits per heavy atom. The van der Waals surface area contributed by atoms with Crippen molar-refractivity contribution < 1.29 is 9.59 Å². The van der Waals surface area contributed by atoms with E-state index < -0.39 is 0 Å². The maximum absolute atomic E-state index is 12.9. The molecule has 1 aliphatic rings. The normalized spacial score (nSPS) is 18.1. The zero-order valence-electron chi connectivity index (χ0n) is 17.4. The van der Waals surface area contributed by atoms with Crippen LogP contribution < -0.4 is 10.6 Å². The molecule has 0 radical (unpaired) electrons. The number of likely N-dealkylation sites (tertiary alicyclic amines) is 1. The second kappa shape index (κ2) is 10.0. The highest BCUT2D eigenvalue weighted by Crippen LogP contribution is 2.28. The van der Waals surface area contributed by atoms with Crippen molar-refractivity contribution in [1.82, 2.24) is 15.5 Å². The molecule has 0 aliphatic carbocycles. The first-order chi connectivity index (χ1) is 15.2. The molecule has 158 valence electrons. The Balaban J connectivity index is 1.39. The first kappa shape index (κ1) is 20.8. The van der Waals surface area contributed by atoms with Crippen molar-refractivity contribution in [2.24, 2.45) is 0 Å². The number of nitrogens with one attached hydrogen (secondary N) is 2. The van der Waals surface area contributed by atoms with Gasteiger partial charge in [-0.05, 0) is 23.1 Å². The fourth-order valence-corrected chi connectivity index (χ4v) is 3.90. The number of carbonyl (C=O) groups excluding carboxylic acids is 2. The number of hydrogen-bond donors (Lipinski definition) is 2. The van der Waals surface area contributed by atoms with Crippen molar-refractivity contribution in [3.8, 4) is 0 Å². The van der Waals surface area contributed by atoms with E-state index in [0.29, 0.717) is 26.1 Å². The summed E-state index contributed by atoms with van der Waals surface area (Å²) < 4.78 is 0. The topological polar surface area (TPSA) is 61.4 Å². The van der Waals surface area contributed by atoms with Crippen LogP contribution in [0.15, 0.2) is 91.0 Å². The molecule has 3 aromatic carbocycles. The van der Waals surface area contributed by atoms with Crippen LogP contribution in [-0.2, 0) is 29.2 Å². The molecule has 2 atom stereocenters. The van der Waals surface area contributed by atoms with Gasteiger partial charge in [-0.3, -0.25) is 14.5 Å². The van der Waals surface area contributed by atoms with E-state index in [0.717, 1.165) is 16.7 Å². The van der Waals surface area contributed by atoms with Gasteiger partial charge in [0, 0.05) is 19.6 Å². The van der Waals surface area contributed by atoms with Crippen LogP contribution in [0.4, 0.5) is 0 Å². The number of hydrogen-bond acceptors (Lipinski definition) is 3. The van der Waals surface area contributed by atoms with E-state index in [9.17, 15) is 9.59 Å². The van der Waals surface area contributed by atoms with Crippen molar-refractivity contribution in [3.05, 3.63) is 108 Å². The Hall–Kier alpha value is -3.44. The summed E-state index contributed by atoms with van der Waals surface area (Å²) in [5.74, 6) is -0.0706. The van der Waals surface area contributed by atoms with Gasteiger partial charge in [0.25, 0.3) is 0 Å². The van der Waals surface area contributed by atoms with Crippen LogP contribution in [0.1, 0.15) is 23.1 Å². The van der Waals surface area contributed by atoms with E-state index in [1.165, 1.54) is 0 Å². The molecule has 0 bridgehead atoms.